The number of carbonyl (C=O) groups is 7. The number of hydrogen-bond acceptors (Lipinski definition) is 13. The van der Waals surface area contributed by atoms with Gasteiger partial charge in [-0.25, -0.2) is 4.79 Å². The van der Waals surface area contributed by atoms with Crippen LogP contribution in [0.2, 0.25) is 0 Å². The van der Waals surface area contributed by atoms with Crippen LogP contribution in [0.5, 0.6) is 0 Å². The van der Waals surface area contributed by atoms with Crippen molar-refractivity contribution in [2.24, 2.45) is 17.2 Å². The first-order valence-electron chi connectivity index (χ1n) is 14.7. The molecule has 0 fully saturated rings. The highest BCUT2D eigenvalue weighted by molar-refractivity contribution is 5.96. The first-order valence-corrected chi connectivity index (χ1v) is 14.7. The van der Waals surface area contributed by atoms with E-state index in [1.165, 1.54) is 0 Å². The van der Waals surface area contributed by atoms with Gasteiger partial charge in [-0.2, -0.15) is 0 Å². The van der Waals surface area contributed by atoms with Crippen molar-refractivity contribution in [3.8, 4) is 0 Å². The minimum atomic E-state index is -1.65. The second-order valence-corrected chi connectivity index (χ2v) is 10.3. The standard InChI is InChI=1S/C26H48N8O12/c27-9-3-1-5-15(30-24(43)17(11-35)32-21(40)14(29)7-8-20(38)39)22(41)33-18(12-36)25(44)31-16(6-2-4-10-28)23(42)34-19(13-37)26(45)46/h14-19,35-37H,1-13,27-29H2,(H,30,43)(H,31,44)(H,32,40)(H,33,41)(H,34,42)(H,38,39)(H,45,46)/t14-,15-,16-,17-,18-,19-/m0/s1. The van der Waals surface area contributed by atoms with Crippen molar-refractivity contribution in [1.29, 1.82) is 0 Å². The molecule has 0 aliphatic heterocycles. The summed E-state index contributed by atoms with van der Waals surface area (Å²) in [7, 11) is 0. The summed E-state index contributed by atoms with van der Waals surface area (Å²) in [5, 5.41) is 57.9. The molecule has 264 valence electrons. The molecule has 0 unspecified atom stereocenters. The van der Waals surface area contributed by atoms with E-state index in [1.807, 2.05) is 0 Å². The third kappa shape index (κ3) is 16.4. The Labute approximate surface area is 265 Å². The zero-order chi connectivity index (χ0) is 35.2. The van der Waals surface area contributed by atoms with Crippen molar-refractivity contribution in [3.63, 3.8) is 0 Å². The highest BCUT2D eigenvalue weighted by Gasteiger charge is 2.32. The maximum absolute atomic E-state index is 13.2. The van der Waals surface area contributed by atoms with Crippen LogP contribution in [0.4, 0.5) is 0 Å². The van der Waals surface area contributed by atoms with Crippen molar-refractivity contribution in [3.05, 3.63) is 0 Å². The fourth-order valence-electron chi connectivity index (χ4n) is 3.87. The van der Waals surface area contributed by atoms with Gasteiger partial charge < -0.3 is 69.3 Å². The van der Waals surface area contributed by atoms with Gasteiger partial charge >= 0.3 is 11.9 Å². The molecular weight excluding hydrogens is 616 g/mol. The van der Waals surface area contributed by atoms with E-state index < -0.39 is 104 Å². The summed E-state index contributed by atoms with van der Waals surface area (Å²) in [5.74, 6) is -7.56. The van der Waals surface area contributed by atoms with Crippen molar-refractivity contribution in [1.82, 2.24) is 26.6 Å². The van der Waals surface area contributed by atoms with Gasteiger partial charge in [-0.15, -0.1) is 0 Å². The Morgan fingerprint density at radius 2 is 0.848 bits per heavy atom. The van der Waals surface area contributed by atoms with Gasteiger partial charge in [0.15, 0.2) is 0 Å². The molecule has 5 amide bonds. The topological polar surface area (TPSA) is 359 Å². The molecular formula is C26H48N8O12. The Bertz CT molecular complexity index is 1020. The van der Waals surface area contributed by atoms with Crippen LogP contribution in [0, 0.1) is 0 Å². The van der Waals surface area contributed by atoms with Gasteiger partial charge in [-0.05, 0) is 58.0 Å². The van der Waals surface area contributed by atoms with Crippen LogP contribution in [-0.4, -0.2) is 136 Å². The second-order valence-electron chi connectivity index (χ2n) is 10.3. The number of amides is 5. The number of nitrogens with one attached hydrogen (secondary N) is 5. The summed E-state index contributed by atoms with van der Waals surface area (Å²) >= 11 is 0. The summed E-state index contributed by atoms with van der Waals surface area (Å²) in [6.07, 6.45) is 0.878. The van der Waals surface area contributed by atoms with Crippen LogP contribution < -0.4 is 43.8 Å². The molecule has 0 heterocycles. The number of nitrogens with two attached hydrogens (primary N) is 3. The first kappa shape index (κ1) is 42.0. The highest BCUT2D eigenvalue weighted by atomic mass is 16.4. The van der Waals surface area contributed by atoms with Crippen molar-refractivity contribution in [2.45, 2.75) is 87.6 Å². The van der Waals surface area contributed by atoms with Gasteiger partial charge in [0.1, 0.15) is 30.2 Å². The van der Waals surface area contributed by atoms with Crippen LogP contribution in [0.3, 0.4) is 0 Å². The SMILES string of the molecule is NCCCC[C@H](NC(=O)[C@H](CO)NC(=O)[C@H](CCCCN)NC(=O)[C@H](CO)NC(=O)[C@@H](N)CCC(=O)O)C(=O)N[C@@H](CO)C(=O)O. The number of carboxylic acids is 2. The van der Waals surface area contributed by atoms with Gasteiger partial charge in [0, 0.05) is 6.42 Å². The van der Waals surface area contributed by atoms with Gasteiger partial charge in [0.2, 0.25) is 29.5 Å². The van der Waals surface area contributed by atoms with Crippen molar-refractivity contribution in [2.75, 3.05) is 32.9 Å². The quantitative estimate of drug-likeness (QED) is 0.0404. The van der Waals surface area contributed by atoms with E-state index in [0.717, 1.165) is 0 Å². The molecule has 0 aromatic rings. The maximum atomic E-state index is 13.2. The predicted octanol–water partition coefficient (Wildman–Crippen LogP) is -6.08. The molecule has 16 N–H and O–H groups in total. The molecule has 0 aliphatic carbocycles. The van der Waals surface area contributed by atoms with Gasteiger partial charge in [0.25, 0.3) is 0 Å². The number of carboxylic acid groups (broad SMARTS) is 2. The van der Waals surface area contributed by atoms with Crippen LogP contribution in [0.1, 0.15) is 51.4 Å². The largest absolute Gasteiger partial charge is 0.481 e. The maximum Gasteiger partial charge on any atom is 0.328 e. The predicted molar refractivity (Wildman–Crippen MR) is 159 cm³/mol. The summed E-state index contributed by atoms with van der Waals surface area (Å²) in [4.78, 5) is 86.0. The van der Waals surface area contributed by atoms with E-state index in [2.05, 4.69) is 26.6 Å². The van der Waals surface area contributed by atoms with Crippen LogP contribution in [0.15, 0.2) is 0 Å². The van der Waals surface area contributed by atoms with E-state index in [4.69, 9.17) is 27.4 Å². The molecule has 20 heteroatoms. The molecule has 0 saturated carbocycles. The second kappa shape index (κ2) is 23.4. The molecule has 0 aliphatic rings. The van der Waals surface area contributed by atoms with E-state index in [-0.39, 0.29) is 32.4 Å². The summed E-state index contributed by atoms with van der Waals surface area (Å²) in [5.41, 5.74) is 16.6. The fraction of sp³-hybridized carbons (Fsp3) is 0.731. The van der Waals surface area contributed by atoms with Crippen LogP contribution in [0.25, 0.3) is 0 Å². The van der Waals surface area contributed by atoms with Gasteiger partial charge in [0.05, 0.1) is 25.9 Å². The number of hydrogen-bond donors (Lipinski definition) is 13. The van der Waals surface area contributed by atoms with E-state index >= 15 is 0 Å². The lowest BCUT2D eigenvalue weighted by atomic mass is 10.1. The Morgan fingerprint density at radius 3 is 1.20 bits per heavy atom. The minimum absolute atomic E-state index is 0.00460. The Morgan fingerprint density at radius 1 is 0.500 bits per heavy atom. The smallest absolute Gasteiger partial charge is 0.328 e. The zero-order valence-corrected chi connectivity index (χ0v) is 25.5. The fourth-order valence-corrected chi connectivity index (χ4v) is 3.87. The summed E-state index contributed by atoms with van der Waals surface area (Å²) < 4.78 is 0. The van der Waals surface area contributed by atoms with Crippen LogP contribution in [-0.2, 0) is 33.6 Å². The lowest BCUT2D eigenvalue weighted by Crippen LogP contribution is -2.60. The molecule has 0 spiro atoms. The van der Waals surface area contributed by atoms with Crippen molar-refractivity contribution >= 4 is 41.5 Å². The number of carbonyl (C=O) groups excluding carboxylic acids is 5. The third-order valence-electron chi connectivity index (χ3n) is 6.59. The van der Waals surface area contributed by atoms with Gasteiger partial charge in [-0.1, -0.05) is 0 Å². The van der Waals surface area contributed by atoms with E-state index in [1.54, 1.807) is 0 Å². The average molecular weight is 665 g/mol. The summed E-state index contributed by atoms with van der Waals surface area (Å²) in [6, 6.07) is -8.84. The molecule has 20 nitrogen and oxygen atoms in total. The normalized spacial score (nSPS) is 14.8. The number of aliphatic hydroxyl groups is 3. The molecule has 6 atom stereocenters. The molecule has 0 radical (unpaired) electrons. The lowest BCUT2D eigenvalue weighted by Gasteiger charge is -2.26. The van der Waals surface area contributed by atoms with E-state index in [0.29, 0.717) is 25.7 Å². The number of unbranched alkanes of at least 4 members (excludes halogenated alkanes) is 2. The number of rotatable bonds is 25. The zero-order valence-electron chi connectivity index (χ0n) is 25.5. The molecule has 0 bridgehead atoms. The minimum Gasteiger partial charge on any atom is -0.481 e. The Balaban J connectivity index is 5.70. The Hall–Kier alpha value is -3.95. The third-order valence-corrected chi connectivity index (χ3v) is 6.59. The summed E-state index contributed by atoms with van der Waals surface area (Å²) in [6.45, 7) is -2.26. The molecule has 0 rings (SSSR count). The van der Waals surface area contributed by atoms with Gasteiger partial charge in [-0.3, -0.25) is 28.8 Å². The first-order chi connectivity index (χ1) is 21.7. The van der Waals surface area contributed by atoms with Crippen molar-refractivity contribution < 1.29 is 59.1 Å². The average Bonchev–Trinajstić information content (AvgIpc) is 3.01. The molecule has 0 aromatic heterocycles. The highest BCUT2D eigenvalue weighted by Crippen LogP contribution is 2.06. The molecule has 0 aromatic carbocycles. The lowest BCUT2D eigenvalue weighted by molar-refractivity contribution is -0.143. The van der Waals surface area contributed by atoms with E-state index in [9.17, 15) is 48.9 Å². The Kier molecular flexibility index (Phi) is 21.4. The molecule has 46 heavy (non-hydrogen) atoms. The monoisotopic (exact) mass is 664 g/mol. The molecule has 0 saturated heterocycles. The number of aliphatic hydroxyl groups excluding tert-OH is 3. The number of aliphatic carboxylic acids is 2. The van der Waals surface area contributed by atoms with Crippen LogP contribution >= 0.6 is 0 Å².